The summed E-state index contributed by atoms with van der Waals surface area (Å²) in [7, 11) is 4.08. The molecule has 4 heteroatoms. The van der Waals surface area contributed by atoms with Gasteiger partial charge in [0.1, 0.15) is 6.17 Å². The van der Waals surface area contributed by atoms with Gasteiger partial charge in [-0.2, -0.15) is 0 Å². The highest BCUT2D eigenvalue weighted by atomic mass is 16.2. The van der Waals surface area contributed by atoms with Gasteiger partial charge in [-0.3, -0.25) is 10.1 Å². The summed E-state index contributed by atoms with van der Waals surface area (Å²) in [5.41, 5.74) is 3.66. The van der Waals surface area contributed by atoms with Gasteiger partial charge in [-0.05, 0) is 52.9 Å². The topological polar surface area (TPSA) is 35.6 Å². The van der Waals surface area contributed by atoms with Crippen molar-refractivity contribution in [3.05, 3.63) is 34.9 Å². The van der Waals surface area contributed by atoms with E-state index in [0.717, 1.165) is 6.54 Å². The highest BCUT2D eigenvalue weighted by Gasteiger charge is 2.40. The van der Waals surface area contributed by atoms with Gasteiger partial charge in [0.25, 0.3) is 0 Å². The van der Waals surface area contributed by atoms with Crippen LogP contribution < -0.4 is 5.32 Å². The molecule has 0 saturated carbocycles. The second-order valence-corrected chi connectivity index (χ2v) is 6.51. The molecule has 0 aromatic heterocycles. The third kappa shape index (κ3) is 3.27. The van der Waals surface area contributed by atoms with Gasteiger partial charge < -0.3 is 9.80 Å². The molecular formula is C17H27N3O. The van der Waals surface area contributed by atoms with Gasteiger partial charge in [-0.25, -0.2) is 0 Å². The van der Waals surface area contributed by atoms with Gasteiger partial charge in [0.15, 0.2) is 0 Å². The SMILES string of the molecule is Cc1ccc(C)c(C2NC(C)C(=O)N2C(C)CN(C)C)c1. The third-order valence-corrected chi connectivity index (χ3v) is 4.14. The Labute approximate surface area is 128 Å². The van der Waals surface area contributed by atoms with Crippen molar-refractivity contribution in [2.24, 2.45) is 0 Å². The molecule has 116 valence electrons. The minimum absolute atomic E-state index is 0.0256. The minimum Gasteiger partial charge on any atom is -0.318 e. The number of hydrogen-bond donors (Lipinski definition) is 1. The lowest BCUT2D eigenvalue weighted by molar-refractivity contribution is -0.132. The zero-order valence-corrected chi connectivity index (χ0v) is 14.0. The number of nitrogens with one attached hydrogen (secondary N) is 1. The molecule has 1 aliphatic heterocycles. The molecule has 3 atom stereocenters. The summed E-state index contributed by atoms with van der Waals surface area (Å²) in [5, 5.41) is 3.45. The molecule has 4 nitrogen and oxygen atoms in total. The Morgan fingerprint density at radius 1 is 1.33 bits per heavy atom. The molecule has 1 saturated heterocycles. The Balaban J connectivity index is 2.36. The van der Waals surface area contributed by atoms with E-state index < -0.39 is 0 Å². The lowest BCUT2D eigenvalue weighted by Crippen LogP contribution is -2.43. The smallest absolute Gasteiger partial charge is 0.241 e. The average molecular weight is 289 g/mol. The van der Waals surface area contributed by atoms with E-state index in [4.69, 9.17) is 0 Å². The Kier molecular flexibility index (Phi) is 4.69. The molecule has 1 aliphatic rings. The van der Waals surface area contributed by atoms with E-state index in [9.17, 15) is 4.79 Å². The fourth-order valence-electron chi connectivity index (χ4n) is 3.12. The molecule has 0 bridgehead atoms. The van der Waals surface area contributed by atoms with Crippen LogP contribution in [0.3, 0.4) is 0 Å². The number of carbonyl (C=O) groups is 1. The molecule has 1 heterocycles. The number of rotatable bonds is 4. The molecule has 0 aliphatic carbocycles. The Hall–Kier alpha value is -1.39. The van der Waals surface area contributed by atoms with Gasteiger partial charge >= 0.3 is 0 Å². The second-order valence-electron chi connectivity index (χ2n) is 6.51. The Bertz CT molecular complexity index is 527. The van der Waals surface area contributed by atoms with Gasteiger partial charge in [0.2, 0.25) is 5.91 Å². The summed E-state index contributed by atoms with van der Waals surface area (Å²) >= 11 is 0. The molecule has 21 heavy (non-hydrogen) atoms. The van der Waals surface area contributed by atoms with Crippen LogP contribution in [-0.4, -0.2) is 48.4 Å². The normalized spacial score (nSPS) is 24.0. The molecule has 2 rings (SSSR count). The number of amides is 1. The van der Waals surface area contributed by atoms with Crippen molar-refractivity contribution in [2.45, 2.75) is 45.9 Å². The predicted octanol–water partition coefficient (Wildman–Crippen LogP) is 2.07. The first-order chi connectivity index (χ1) is 9.81. The predicted molar refractivity (Wildman–Crippen MR) is 86.1 cm³/mol. The van der Waals surface area contributed by atoms with Crippen LogP contribution in [0.1, 0.15) is 36.7 Å². The highest BCUT2D eigenvalue weighted by molar-refractivity contribution is 5.84. The molecular weight excluding hydrogens is 262 g/mol. The van der Waals surface area contributed by atoms with Crippen LogP contribution in [0.25, 0.3) is 0 Å². The Morgan fingerprint density at radius 2 is 2.00 bits per heavy atom. The van der Waals surface area contributed by atoms with Crippen molar-refractivity contribution in [3.63, 3.8) is 0 Å². The van der Waals surface area contributed by atoms with Crippen LogP contribution in [0.4, 0.5) is 0 Å². The molecule has 1 N–H and O–H groups in total. The third-order valence-electron chi connectivity index (χ3n) is 4.14. The summed E-state index contributed by atoms with van der Waals surface area (Å²) in [6, 6.07) is 6.49. The molecule has 1 aromatic rings. The molecule has 3 unspecified atom stereocenters. The van der Waals surface area contributed by atoms with Crippen molar-refractivity contribution in [3.8, 4) is 0 Å². The number of hydrogen-bond acceptors (Lipinski definition) is 3. The van der Waals surface area contributed by atoms with E-state index in [1.54, 1.807) is 0 Å². The van der Waals surface area contributed by atoms with E-state index in [2.05, 4.69) is 49.2 Å². The first-order valence-corrected chi connectivity index (χ1v) is 7.61. The summed E-state index contributed by atoms with van der Waals surface area (Å²) in [4.78, 5) is 16.7. The summed E-state index contributed by atoms with van der Waals surface area (Å²) in [5.74, 6) is 0.190. The molecule has 0 radical (unpaired) electrons. The number of benzene rings is 1. The number of carbonyl (C=O) groups excluding carboxylic acids is 1. The second kappa shape index (κ2) is 6.16. The maximum Gasteiger partial charge on any atom is 0.241 e. The number of aryl methyl sites for hydroxylation is 2. The standard InChI is InChI=1S/C17H27N3O/c1-11-7-8-12(2)15(9-11)16-18-14(4)17(21)20(16)13(3)10-19(5)6/h7-9,13-14,16,18H,10H2,1-6H3. The average Bonchev–Trinajstić information content (AvgIpc) is 2.68. The fourth-order valence-corrected chi connectivity index (χ4v) is 3.12. The van der Waals surface area contributed by atoms with Gasteiger partial charge in [-0.1, -0.05) is 23.8 Å². The lowest BCUT2D eigenvalue weighted by Gasteiger charge is -2.33. The quantitative estimate of drug-likeness (QED) is 0.922. The van der Waals surface area contributed by atoms with Crippen molar-refractivity contribution < 1.29 is 4.79 Å². The maximum absolute atomic E-state index is 12.6. The molecule has 0 spiro atoms. The zero-order valence-electron chi connectivity index (χ0n) is 14.0. The van der Waals surface area contributed by atoms with Gasteiger partial charge in [-0.15, -0.1) is 0 Å². The van der Waals surface area contributed by atoms with Crippen molar-refractivity contribution in [1.29, 1.82) is 0 Å². The minimum atomic E-state index is -0.125. The number of likely N-dealkylation sites (N-methyl/N-ethyl adjacent to an activating group) is 1. The van der Waals surface area contributed by atoms with E-state index in [1.165, 1.54) is 16.7 Å². The summed E-state index contributed by atoms with van der Waals surface area (Å²) in [6.07, 6.45) is -0.0256. The van der Waals surface area contributed by atoms with Crippen molar-refractivity contribution in [1.82, 2.24) is 15.1 Å². The van der Waals surface area contributed by atoms with E-state index in [1.807, 2.05) is 25.9 Å². The van der Waals surface area contributed by atoms with E-state index in [0.29, 0.717) is 0 Å². The first-order valence-electron chi connectivity index (χ1n) is 7.61. The van der Waals surface area contributed by atoms with Crippen molar-refractivity contribution in [2.75, 3.05) is 20.6 Å². The van der Waals surface area contributed by atoms with Crippen LogP contribution in [-0.2, 0) is 4.79 Å². The maximum atomic E-state index is 12.6. The van der Waals surface area contributed by atoms with Crippen LogP contribution in [0.2, 0.25) is 0 Å². The summed E-state index contributed by atoms with van der Waals surface area (Å²) in [6.45, 7) is 9.13. The Morgan fingerprint density at radius 3 is 2.62 bits per heavy atom. The van der Waals surface area contributed by atoms with Crippen LogP contribution in [0.5, 0.6) is 0 Å². The first kappa shape index (κ1) is 16.0. The monoisotopic (exact) mass is 289 g/mol. The zero-order chi connectivity index (χ0) is 15.7. The van der Waals surface area contributed by atoms with Gasteiger partial charge in [0.05, 0.1) is 6.04 Å². The molecule has 1 amide bonds. The van der Waals surface area contributed by atoms with Gasteiger partial charge in [0, 0.05) is 12.6 Å². The largest absolute Gasteiger partial charge is 0.318 e. The number of nitrogens with zero attached hydrogens (tertiary/aromatic N) is 2. The highest BCUT2D eigenvalue weighted by Crippen LogP contribution is 2.30. The van der Waals surface area contributed by atoms with E-state index in [-0.39, 0.29) is 24.2 Å². The molecule has 1 aromatic carbocycles. The lowest BCUT2D eigenvalue weighted by atomic mass is 10.0. The van der Waals surface area contributed by atoms with Crippen molar-refractivity contribution >= 4 is 5.91 Å². The summed E-state index contributed by atoms with van der Waals surface area (Å²) < 4.78 is 0. The fraction of sp³-hybridized carbons (Fsp3) is 0.588. The molecule has 1 fully saturated rings. The van der Waals surface area contributed by atoms with E-state index >= 15 is 0 Å². The van der Waals surface area contributed by atoms with Crippen LogP contribution in [0, 0.1) is 13.8 Å². The van der Waals surface area contributed by atoms with Crippen LogP contribution >= 0.6 is 0 Å². The van der Waals surface area contributed by atoms with Crippen LogP contribution in [0.15, 0.2) is 18.2 Å².